The van der Waals surface area contributed by atoms with E-state index in [0.717, 1.165) is 18.2 Å². The van der Waals surface area contributed by atoms with Crippen LogP contribution in [0.25, 0.3) is 0 Å². The average molecular weight is 283 g/mol. The number of carbonyl (C=O) groups excluding carboxylic acids is 1. The van der Waals surface area contributed by atoms with Crippen molar-refractivity contribution in [2.45, 2.75) is 0 Å². The summed E-state index contributed by atoms with van der Waals surface area (Å²) in [6.45, 7) is 1.14. The summed E-state index contributed by atoms with van der Waals surface area (Å²) in [6, 6.07) is 2.76. The van der Waals surface area contributed by atoms with E-state index in [2.05, 4.69) is 5.32 Å². The number of halogens is 1. The van der Waals surface area contributed by atoms with E-state index in [1.165, 1.54) is 4.90 Å². The quantitative estimate of drug-likeness (QED) is 0.860. The molecule has 110 valence electrons. The maximum atomic E-state index is 13.5. The van der Waals surface area contributed by atoms with Gasteiger partial charge in [0, 0.05) is 20.1 Å². The number of rotatable bonds is 5. The Labute approximate surface area is 116 Å². The first-order chi connectivity index (χ1) is 9.31. The van der Waals surface area contributed by atoms with Crippen molar-refractivity contribution in [1.82, 2.24) is 9.80 Å². The zero-order valence-corrected chi connectivity index (χ0v) is 11.7. The molecule has 0 aliphatic rings. The summed E-state index contributed by atoms with van der Waals surface area (Å²) in [7, 11) is 5.33. The summed E-state index contributed by atoms with van der Waals surface area (Å²) < 4.78 is 13.5. The van der Waals surface area contributed by atoms with Gasteiger partial charge in [-0.1, -0.05) is 0 Å². The van der Waals surface area contributed by atoms with Crippen LogP contribution < -0.4 is 5.32 Å². The fourth-order valence-electron chi connectivity index (χ4n) is 1.42. The van der Waals surface area contributed by atoms with Gasteiger partial charge in [-0.2, -0.15) is 0 Å². The number of likely N-dealkylation sites (N-methyl/N-ethyl adjacent to an activating group) is 2. The first-order valence-corrected chi connectivity index (χ1v) is 6.01. The molecule has 1 aromatic rings. The van der Waals surface area contributed by atoms with E-state index >= 15 is 0 Å². The second-order valence-electron chi connectivity index (χ2n) is 4.65. The number of urea groups is 1. The summed E-state index contributed by atoms with van der Waals surface area (Å²) in [5.74, 6) is -1.86. The third-order valence-corrected chi connectivity index (χ3v) is 2.68. The molecule has 0 heterocycles. The van der Waals surface area contributed by atoms with Crippen LogP contribution in [0.4, 0.5) is 14.9 Å². The largest absolute Gasteiger partial charge is 0.478 e. The minimum atomic E-state index is -1.18. The van der Waals surface area contributed by atoms with Crippen molar-refractivity contribution in [1.29, 1.82) is 0 Å². The number of hydrogen-bond donors (Lipinski definition) is 2. The first kappa shape index (κ1) is 15.9. The number of nitrogens with zero attached hydrogens (tertiary/aromatic N) is 2. The van der Waals surface area contributed by atoms with Gasteiger partial charge in [-0.25, -0.2) is 14.0 Å². The highest BCUT2D eigenvalue weighted by Gasteiger charge is 2.13. The van der Waals surface area contributed by atoms with Gasteiger partial charge in [-0.05, 0) is 32.3 Å². The van der Waals surface area contributed by atoms with Crippen LogP contribution in [0.5, 0.6) is 0 Å². The number of carboxylic acid groups (broad SMARTS) is 1. The number of carbonyl (C=O) groups is 2. The lowest BCUT2D eigenvalue weighted by atomic mass is 10.2. The second kappa shape index (κ2) is 6.85. The molecule has 0 aliphatic carbocycles. The van der Waals surface area contributed by atoms with Crippen molar-refractivity contribution in [2.24, 2.45) is 0 Å². The van der Waals surface area contributed by atoms with Crippen molar-refractivity contribution in [3.05, 3.63) is 29.6 Å². The Hall–Kier alpha value is -2.15. The molecular weight excluding hydrogens is 265 g/mol. The summed E-state index contributed by atoms with van der Waals surface area (Å²) in [4.78, 5) is 26.0. The summed E-state index contributed by atoms with van der Waals surface area (Å²) >= 11 is 0. The van der Waals surface area contributed by atoms with Crippen LogP contribution in [0.2, 0.25) is 0 Å². The molecular formula is C13H18FN3O3. The van der Waals surface area contributed by atoms with Crippen LogP contribution in [0.1, 0.15) is 10.4 Å². The third-order valence-electron chi connectivity index (χ3n) is 2.68. The zero-order valence-electron chi connectivity index (χ0n) is 11.7. The fraction of sp³-hybridized carbons (Fsp3) is 0.385. The Morgan fingerprint density at radius 3 is 2.45 bits per heavy atom. The molecule has 6 nitrogen and oxygen atoms in total. The van der Waals surface area contributed by atoms with Gasteiger partial charge in [-0.3, -0.25) is 0 Å². The molecule has 0 fully saturated rings. The maximum Gasteiger partial charge on any atom is 0.335 e. The van der Waals surface area contributed by atoms with Crippen LogP contribution in [-0.2, 0) is 0 Å². The van der Waals surface area contributed by atoms with Crippen molar-refractivity contribution in [3.63, 3.8) is 0 Å². The van der Waals surface area contributed by atoms with Crippen LogP contribution in [-0.4, -0.2) is 61.1 Å². The van der Waals surface area contributed by atoms with Crippen molar-refractivity contribution in [2.75, 3.05) is 39.5 Å². The minimum absolute atomic E-state index is 0.0855. The smallest absolute Gasteiger partial charge is 0.335 e. The van der Waals surface area contributed by atoms with Crippen LogP contribution in [0.3, 0.4) is 0 Å². The summed E-state index contributed by atoms with van der Waals surface area (Å²) in [5, 5.41) is 11.2. The third kappa shape index (κ3) is 4.51. The van der Waals surface area contributed by atoms with Gasteiger partial charge in [-0.15, -0.1) is 0 Å². The molecule has 2 amide bonds. The SMILES string of the molecule is CN(C)CCN(C)C(=O)Nc1cc(C(=O)O)ccc1F. The molecule has 2 N–H and O–H groups in total. The summed E-state index contributed by atoms with van der Waals surface area (Å²) in [5.41, 5.74) is -0.232. The molecule has 1 aromatic carbocycles. The van der Waals surface area contributed by atoms with Gasteiger partial charge in [0.1, 0.15) is 5.82 Å². The lowest BCUT2D eigenvalue weighted by Crippen LogP contribution is -2.36. The average Bonchev–Trinajstić information content (AvgIpc) is 2.37. The highest BCUT2D eigenvalue weighted by atomic mass is 19.1. The highest BCUT2D eigenvalue weighted by molar-refractivity contribution is 5.93. The fourth-order valence-corrected chi connectivity index (χ4v) is 1.42. The summed E-state index contributed by atoms with van der Waals surface area (Å²) in [6.07, 6.45) is 0. The van der Waals surface area contributed by atoms with Crippen LogP contribution in [0, 0.1) is 5.82 Å². The molecule has 0 aromatic heterocycles. The maximum absolute atomic E-state index is 13.5. The Morgan fingerprint density at radius 1 is 1.25 bits per heavy atom. The molecule has 0 bridgehead atoms. The van der Waals surface area contributed by atoms with E-state index in [4.69, 9.17) is 5.11 Å². The molecule has 0 spiro atoms. The van der Waals surface area contributed by atoms with Crippen molar-refractivity contribution in [3.8, 4) is 0 Å². The molecule has 0 unspecified atom stereocenters. The van der Waals surface area contributed by atoms with Gasteiger partial charge in [0.15, 0.2) is 0 Å². The van der Waals surface area contributed by atoms with Crippen LogP contribution in [0.15, 0.2) is 18.2 Å². The number of hydrogen-bond acceptors (Lipinski definition) is 3. The molecule has 0 atom stereocenters. The second-order valence-corrected chi connectivity index (χ2v) is 4.65. The monoisotopic (exact) mass is 283 g/mol. The number of benzene rings is 1. The van der Waals surface area contributed by atoms with Gasteiger partial charge in [0.05, 0.1) is 11.3 Å². The van der Waals surface area contributed by atoms with E-state index in [9.17, 15) is 14.0 Å². The van der Waals surface area contributed by atoms with Crippen molar-refractivity contribution < 1.29 is 19.1 Å². The van der Waals surface area contributed by atoms with Gasteiger partial charge in [0.25, 0.3) is 0 Å². The molecule has 0 saturated heterocycles. The molecule has 0 aliphatic heterocycles. The number of nitrogens with one attached hydrogen (secondary N) is 1. The standard InChI is InChI=1S/C13H18FN3O3/c1-16(2)6-7-17(3)13(20)15-11-8-9(12(18)19)4-5-10(11)14/h4-5,8H,6-7H2,1-3H3,(H,15,20)(H,18,19). The van der Waals surface area contributed by atoms with E-state index in [1.54, 1.807) is 7.05 Å². The van der Waals surface area contributed by atoms with Gasteiger partial charge >= 0.3 is 12.0 Å². The lowest BCUT2D eigenvalue weighted by molar-refractivity contribution is 0.0697. The van der Waals surface area contributed by atoms with Crippen LogP contribution >= 0.6 is 0 Å². The predicted molar refractivity (Wildman–Crippen MR) is 73.6 cm³/mol. The number of carboxylic acids is 1. The lowest BCUT2D eigenvalue weighted by Gasteiger charge is -2.20. The minimum Gasteiger partial charge on any atom is -0.478 e. The Bertz CT molecular complexity index is 506. The normalized spacial score (nSPS) is 10.4. The van der Waals surface area contributed by atoms with Crippen molar-refractivity contribution >= 4 is 17.7 Å². The molecule has 20 heavy (non-hydrogen) atoms. The predicted octanol–water partition coefficient (Wildman–Crippen LogP) is 1.55. The number of amides is 2. The number of aromatic carboxylic acids is 1. The van der Waals surface area contributed by atoms with Gasteiger partial charge in [0.2, 0.25) is 0 Å². The van der Waals surface area contributed by atoms with E-state index in [-0.39, 0.29) is 11.3 Å². The molecule has 0 saturated carbocycles. The Balaban J connectivity index is 2.74. The Morgan fingerprint density at radius 2 is 1.90 bits per heavy atom. The number of anilines is 1. The molecule has 1 rings (SSSR count). The highest BCUT2D eigenvalue weighted by Crippen LogP contribution is 2.16. The first-order valence-electron chi connectivity index (χ1n) is 6.01. The molecule has 0 radical (unpaired) electrons. The van der Waals surface area contributed by atoms with Gasteiger partial charge < -0.3 is 20.2 Å². The topological polar surface area (TPSA) is 72.9 Å². The van der Waals surface area contributed by atoms with E-state index < -0.39 is 17.8 Å². The van der Waals surface area contributed by atoms with E-state index in [1.807, 2.05) is 19.0 Å². The van der Waals surface area contributed by atoms with E-state index in [0.29, 0.717) is 13.1 Å². The molecule has 7 heteroatoms. The zero-order chi connectivity index (χ0) is 15.3. The Kier molecular flexibility index (Phi) is 5.45.